The lowest BCUT2D eigenvalue weighted by Crippen LogP contribution is -2.59. The molecule has 0 spiro atoms. The van der Waals surface area contributed by atoms with Crippen LogP contribution in [-0.2, 0) is 20.9 Å². The quantitative estimate of drug-likeness (QED) is 0.367. The number of thiazole rings is 1. The molecule has 2 amide bonds. The fraction of sp³-hybridized carbons (Fsp3) is 0.400. The standard InChI is InChI=1S/C20H27N5O4S/c1-11(2)24-17(18(27)25-20(4,10-26)19(22)28)15-7-13(5-6-16(15)21)29-9-14-8-23-12(3)30-14/h5-8,11,21,24,26H,9-10H2,1-4H3,(H2,22,28)(H,25,27)/b17-15-,21-16?. The third-order valence-corrected chi connectivity index (χ3v) is 5.11. The summed E-state index contributed by atoms with van der Waals surface area (Å²) in [6, 6.07) is -0.135. The van der Waals surface area contributed by atoms with E-state index in [0.29, 0.717) is 17.9 Å². The average Bonchev–Trinajstić information content (AvgIpc) is 3.10. The maximum atomic E-state index is 12.9. The molecule has 0 saturated carbocycles. The first-order chi connectivity index (χ1) is 14.1. The van der Waals surface area contributed by atoms with E-state index in [9.17, 15) is 14.7 Å². The van der Waals surface area contributed by atoms with E-state index >= 15 is 0 Å². The van der Waals surface area contributed by atoms with Crippen molar-refractivity contribution < 1.29 is 19.4 Å². The van der Waals surface area contributed by atoms with Gasteiger partial charge in [-0.2, -0.15) is 0 Å². The highest BCUT2D eigenvalue weighted by Crippen LogP contribution is 2.21. The summed E-state index contributed by atoms with van der Waals surface area (Å²) >= 11 is 1.52. The van der Waals surface area contributed by atoms with Gasteiger partial charge >= 0.3 is 0 Å². The molecule has 9 nitrogen and oxygen atoms in total. The molecule has 0 aromatic carbocycles. The van der Waals surface area contributed by atoms with Crippen LogP contribution in [0.4, 0.5) is 0 Å². The number of carbonyl (C=O) groups excluding carboxylic acids is 2. The Morgan fingerprint density at radius 2 is 2.10 bits per heavy atom. The second kappa shape index (κ2) is 9.68. The molecule has 0 saturated heterocycles. The third kappa shape index (κ3) is 5.77. The maximum absolute atomic E-state index is 12.9. The van der Waals surface area contributed by atoms with Crippen LogP contribution >= 0.6 is 11.3 Å². The number of carbonyl (C=O) groups is 2. The van der Waals surface area contributed by atoms with E-state index in [1.54, 1.807) is 18.3 Å². The minimum Gasteiger partial charge on any atom is -0.488 e. The smallest absolute Gasteiger partial charge is 0.268 e. The number of aliphatic hydroxyl groups is 1. The molecule has 162 valence electrons. The highest BCUT2D eigenvalue weighted by Gasteiger charge is 2.34. The number of nitrogens with zero attached hydrogens (tertiary/aromatic N) is 1. The van der Waals surface area contributed by atoms with Crippen molar-refractivity contribution in [3.8, 4) is 0 Å². The van der Waals surface area contributed by atoms with Gasteiger partial charge in [-0.25, -0.2) is 4.98 Å². The van der Waals surface area contributed by atoms with Crippen molar-refractivity contribution in [1.82, 2.24) is 15.6 Å². The molecule has 0 fully saturated rings. The molecule has 0 bridgehead atoms. The van der Waals surface area contributed by atoms with Crippen LogP contribution in [-0.4, -0.2) is 45.8 Å². The SMILES string of the molecule is Cc1ncc(COC2=C/C(=C(/NC(C)C)C(=O)NC(C)(CO)C(N)=O)C(=N)C=C2)s1. The van der Waals surface area contributed by atoms with Gasteiger partial charge in [0.15, 0.2) is 0 Å². The molecule has 1 heterocycles. The van der Waals surface area contributed by atoms with Crippen LogP contribution in [0.5, 0.6) is 0 Å². The highest BCUT2D eigenvalue weighted by atomic mass is 32.1. The number of allylic oxidation sites excluding steroid dienone is 4. The molecule has 1 aliphatic rings. The van der Waals surface area contributed by atoms with Crippen molar-refractivity contribution in [2.75, 3.05) is 6.61 Å². The molecule has 6 N–H and O–H groups in total. The fourth-order valence-electron chi connectivity index (χ4n) is 2.49. The number of nitrogens with two attached hydrogens (primary N) is 1. The lowest BCUT2D eigenvalue weighted by atomic mass is 9.99. The van der Waals surface area contributed by atoms with Gasteiger partial charge in [0.2, 0.25) is 5.91 Å². The first-order valence-electron chi connectivity index (χ1n) is 9.32. The Balaban J connectivity index is 2.34. The van der Waals surface area contributed by atoms with Crippen LogP contribution in [0.25, 0.3) is 0 Å². The Morgan fingerprint density at radius 1 is 1.40 bits per heavy atom. The minimum absolute atomic E-state index is 0.0787. The zero-order chi connectivity index (χ0) is 22.5. The summed E-state index contributed by atoms with van der Waals surface area (Å²) in [5.41, 5.74) is 4.15. The Labute approximate surface area is 179 Å². The van der Waals surface area contributed by atoms with E-state index in [-0.39, 0.29) is 17.5 Å². The van der Waals surface area contributed by atoms with E-state index in [1.165, 1.54) is 24.3 Å². The molecule has 1 aromatic heterocycles. The molecule has 1 aliphatic carbocycles. The third-order valence-electron chi connectivity index (χ3n) is 4.22. The summed E-state index contributed by atoms with van der Waals surface area (Å²) in [4.78, 5) is 29.7. The van der Waals surface area contributed by atoms with Crippen molar-refractivity contribution in [2.45, 2.75) is 45.9 Å². The normalized spacial score (nSPS) is 17.3. The van der Waals surface area contributed by atoms with E-state index in [0.717, 1.165) is 9.88 Å². The topological polar surface area (TPSA) is 150 Å². The fourth-order valence-corrected chi connectivity index (χ4v) is 3.20. The highest BCUT2D eigenvalue weighted by molar-refractivity contribution is 7.11. The number of hydrogen-bond acceptors (Lipinski definition) is 8. The minimum atomic E-state index is -1.64. The molecule has 0 aliphatic heterocycles. The number of primary amides is 1. The van der Waals surface area contributed by atoms with E-state index in [2.05, 4.69) is 15.6 Å². The van der Waals surface area contributed by atoms with Gasteiger partial charge in [-0.3, -0.25) is 9.59 Å². The van der Waals surface area contributed by atoms with Crippen LogP contribution in [0.15, 0.2) is 41.5 Å². The molecule has 1 aromatic rings. The Hall–Kier alpha value is -2.98. The molecular weight excluding hydrogens is 406 g/mol. The molecular formula is C20H27N5O4S. The first-order valence-corrected chi connectivity index (χ1v) is 10.1. The summed E-state index contributed by atoms with van der Waals surface area (Å²) in [6.45, 7) is 6.56. The van der Waals surface area contributed by atoms with Crippen molar-refractivity contribution in [1.29, 1.82) is 5.41 Å². The molecule has 1 atom stereocenters. The first kappa shape index (κ1) is 23.3. The summed E-state index contributed by atoms with van der Waals surface area (Å²) in [7, 11) is 0. The van der Waals surface area contributed by atoms with Crippen molar-refractivity contribution in [2.24, 2.45) is 5.73 Å². The largest absolute Gasteiger partial charge is 0.488 e. The predicted octanol–water partition coefficient (Wildman–Crippen LogP) is 1.05. The van der Waals surface area contributed by atoms with Crippen LogP contribution in [0.1, 0.15) is 30.7 Å². The van der Waals surface area contributed by atoms with Gasteiger partial charge in [-0.1, -0.05) is 0 Å². The van der Waals surface area contributed by atoms with Gasteiger partial charge < -0.3 is 31.6 Å². The van der Waals surface area contributed by atoms with Crippen LogP contribution in [0.3, 0.4) is 0 Å². The lowest BCUT2D eigenvalue weighted by molar-refractivity contribution is -0.131. The van der Waals surface area contributed by atoms with Gasteiger partial charge in [0.1, 0.15) is 23.6 Å². The Kier molecular flexibility index (Phi) is 7.52. The second-order valence-corrected chi connectivity index (χ2v) is 8.64. The molecule has 30 heavy (non-hydrogen) atoms. The van der Waals surface area contributed by atoms with Crippen molar-refractivity contribution >= 4 is 28.9 Å². The number of ether oxygens (including phenoxy) is 1. The summed E-state index contributed by atoms with van der Waals surface area (Å²) < 4.78 is 5.80. The van der Waals surface area contributed by atoms with Gasteiger partial charge in [0.25, 0.3) is 5.91 Å². The molecule has 0 radical (unpaired) electrons. The predicted molar refractivity (Wildman–Crippen MR) is 115 cm³/mol. The Morgan fingerprint density at radius 3 is 2.63 bits per heavy atom. The number of hydrogen-bond donors (Lipinski definition) is 5. The summed E-state index contributed by atoms with van der Waals surface area (Å²) in [5.74, 6) is -1.06. The number of amides is 2. The van der Waals surface area contributed by atoms with E-state index in [4.69, 9.17) is 15.9 Å². The Bertz CT molecular complexity index is 931. The summed E-state index contributed by atoms with van der Waals surface area (Å²) in [6.07, 6.45) is 6.49. The molecule has 1 unspecified atom stereocenters. The zero-order valence-electron chi connectivity index (χ0n) is 17.4. The van der Waals surface area contributed by atoms with E-state index in [1.807, 2.05) is 20.8 Å². The maximum Gasteiger partial charge on any atom is 0.268 e. The molecule has 10 heteroatoms. The number of aromatic nitrogens is 1. The lowest BCUT2D eigenvalue weighted by Gasteiger charge is -2.27. The number of aryl methyl sites for hydroxylation is 1. The van der Waals surface area contributed by atoms with Crippen molar-refractivity contribution in [3.05, 3.63) is 51.3 Å². The van der Waals surface area contributed by atoms with Crippen LogP contribution in [0.2, 0.25) is 0 Å². The summed E-state index contributed by atoms with van der Waals surface area (Å²) in [5, 5.41) is 24.2. The van der Waals surface area contributed by atoms with Crippen molar-refractivity contribution in [3.63, 3.8) is 0 Å². The van der Waals surface area contributed by atoms with Gasteiger partial charge in [-0.15, -0.1) is 11.3 Å². The average molecular weight is 434 g/mol. The molecule has 2 rings (SSSR count). The van der Waals surface area contributed by atoms with Crippen LogP contribution < -0.4 is 16.4 Å². The van der Waals surface area contributed by atoms with Crippen LogP contribution in [0, 0.1) is 12.3 Å². The second-order valence-electron chi connectivity index (χ2n) is 7.32. The van der Waals surface area contributed by atoms with Gasteiger partial charge in [-0.05, 0) is 45.9 Å². The number of nitrogens with one attached hydrogen (secondary N) is 3. The zero-order valence-corrected chi connectivity index (χ0v) is 18.2. The van der Waals surface area contributed by atoms with E-state index < -0.39 is 24.0 Å². The van der Waals surface area contributed by atoms with Gasteiger partial charge in [0, 0.05) is 17.8 Å². The number of rotatable bonds is 9. The number of aliphatic hydroxyl groups excluding tert-OH is 1. The monoisotopic (exact) mass is 433 g/mol. The van der Waals surface area contributed by atoms with Gasteiger partial charge in [0.05, 0.1) is 22.2 Å².